The highest BCUT2D eigenvalue weighted by molar-refractivity contribution is 5.75. The Hall–Kier alpha value is -1.06. The molecular formula is C16H32N2O2. The van der Waals surface area contributed by atoms with Gasteiger partial charge in [0.2, 0.25) is 11.8 Å². The van der Waals surface area contributed by atoms with Crippen LogP contribution in [0, 0.1) is 0 Å². The maximum Gasteiger partial charge on any atom is 0.222 e. The molecule has 0 spiro atoms. The van der Waals surface area contributed by atoms with Gasteiger partial charge < -0.3 is 10.2 Å². The van der Waals surface area contributed by atoms with Crippen molar-refractivity contribution in [3.05, 3.63) is 0 Å². The second kappa shape index (κ2) is 12.9. The third-order valence-corrected chi connectivity index (χ3v) is 3.42. The summed E-state index contributed by atoms with van der Waals surface area (Å²) in [5.41, 5.74) is 0. The number of carbonyl (C=O) groups excluding carboxylic acids is 2. The molecule has 0 rings (SSSR count). The SMILES string of the molecule is CCCCCCCCN(CCCNC(C)=O)C(=O)CC. The quantitative estimate of drug-likeness (QED) is 0.560. The van der Waals surface area contributed by atoms with Gasteiger partial charge in [0.1, 0.15) is 0 Å². The van der Waals surface area contributed by atoms with E-state index in [0.717, 1.165) is 25.9 Å². The summed E-state index contributed by atoms with van der Waals surface area (Å²) in [6.07, 6.45) is 8.86. The van der Waals surface area contributed by atoms with E-state index in [1.807, 2.05) is 11.8 Å². The Kier molecular flexibility index (Phi) is 12.3. The van der Waals surface area contributed by atoms with E-state index < -0.39 is 0 Å². The molecule has 0 radical (unpaired) electrons. The summed E-state index contributed by atoms with van der Waals surface area (Å²) in [6.45, 7) is 7.91. The lowest BCUT2D eigenvalue weighted by atomic mass is 10.1. The zero-order chi connectivity index (χ0) is 15.2. The molecule has 0 unspecified atom stereocenters. The Morgan fingerprint density at radius 2 is 1.50 bits per heavy atom. The molecule has 20 heavy (non-hydrogen) atoms. The first kappa shape index (κ1) is 18.9. The second-order valence-corrected chi connectivity index (χ2v) is 5.34. The third kappa shape index (κ3) is 10.8. The van der Waals surface area contributed by atoms with Crippen LogP contribution in [-0.4, -0.2) is 36.3 Å². The van der Waals surface area contributed by atoms with Crippen LogP contribution >= 0.6 is 0 Å². The van der Waals surface area contributed by atoms with Gasteiger partial charge in [-0.1, -0.05) is 46.0 Å². The van der Waals surface area contributed by atoms with Crippen LogP contribution in [-0.2, 0) is 9.59 Å². The summed E-state index contributed by atoms with van der Waals surface area (Å²) in [5.74, 6) is 0.218. The van der Waals surface area contributed by atoms with Crippen LogP contribution in [0.25, 0.3) is 0 Å². The molecule has 0 aliphatic rings. The van der Waals surface area contributed by atoms with Crippen molar-refractivity contribution in [2.75, 3.05) is 19.6 Å². The molecule has 0 bridgehead atoms. The van der Waals surface area contributed by atoms with Gasteiger partial charge >= 0.3 is 0 Å². The molecule has 0 saturated heterocycles. The Balaban J connectivity index is 3.79. The number of hydrogen-bond acceptors (Lipinski definition) is 2. The van der Waals surface area contributed by atoms with Crippen molar-refractivity contribution in [2.45, 2.75) is 72.1 Å². The summed E-state index contributed by atoms with van der Waals surface area (Å²) in [5, 5.41) is 2.77. The van der Waals surface area contributed by atoms with Gasteiger partial charge in [0.15, 0.2) is 0 Å². The summed E-state index contributed by atoms with van der Waals surface area (Å²) in [4.78, 5) is 24.6. The molecule has 0 saturated carbocycles. The van der Waals surface area contributed by atoms with E-state index in [1.165, 1.54) is 39.0 Å². The fourth-order valence-corrected chi connectivity index (χ4v) is 2.20. The van der Waals surface area contributed by atoms with E-state index in [0.29, 0.717) is 13.0 Å². The van der Waals surface area contributed by atoms with Crippen LogP contribution in [0.3, 0.4) is 0 Å². The summed E-state index contributed by atoms with van der Waals surface area (Å²) >= 11 is 0. The molecular weight excluding hydrogens is 252 g/mol. The molecule has 0 aromatic heterocycles. The number of hydrogen-bond donors (Lipinski definition) is 1. The van der Waals surface area contributed by atoms with Gasteiger partial charge in [-0.05, 0) is 12.8 Å². The van der Waals surface area contributed by atoms with Gasteiger partial charge in [-0.3, -0.25) is 9.59 Å². The normalized spacial score (nSPS) is 10.3. The molecule has 0 aromatic rings. The van der Waals surface area contributed by atoms with E-state index in [9.17, 15) is 9.59 Å². The van der Waals surface area contributed by atoms with Gasteiger partial charge in [0, 0.05) is 33.0 Å². The first-order valence-corrected chi connectivity index (χ1v) is 8.14. The van der Waals surface area contributed by atoms with Crippen molar-refractivity contribution < 1.29 is 9.59 Å². The third-order valence-electron chi connectivity index (χ3n) is 3.42. The van der Waals surface area contributed by atoms with E-state index in [4.69, 9.17) is 0 Å². The van der Waals surface area contributed by atoms with Gasteiger partial charge in [-0.2, -0.15) is 0 Å². The van der Waals surface area contributed by atoms with E-state index in [2.05, 4.69) is 12.2 Å². The lowest BCUT2D eigenvalue weighted by Gasteiger charge is -2.22. The van der Waals surface area contributed by atoms with Crippen molar-refractivity contribution >= 4 is 11.8 Å². The number of amides is 2. The Labute approximate surface area is 124 Å². The van der Waals surface area contributed by atoms with Gasteiger partial charge in [-0.15, -0.1) is 0 Å². The zero-order valence-corrected chi connectivity index (χ0v) is 13.5. The van der Waals surface area contributed by atoms with Crippen molar-refractivity contribution in [3.63, 3.8) is 0 Å². The molecule has 0 aliphatic carbocycles. The molecule has 1 N–H and O–H groups in total. The van der Waals surface area contributed by atoms with Crippen molar-refractivity contribution in [1.82, 2.24) is 10.2 Å². The minimum absolute atomic E-state index is 0.00528. The molecule has 2 amide bonds. The van der Waals surface area contributed by atoms with Crippen LogP contribution < -0.4 is 5.32 Å². The van der Waals surface area contributed by atoms with Crippen LogP contribution in [0.1, 0.15) is 72.1 Å². The maximum atomic E-state index is 11.8. The molecule has 0 heterocycles. The molecule has 4 heteroatoms. The Bertz CT molecular complexity index is 267. The summed E-state index contributed by atoms with van der Waals surface area (Å²) in [6, 6.07) is 0. The molecule has 0 fully saturated rings. The second-order valence-electron chi connectivity index (χ2n) is 5.34. The highest BCUT2D eigenvalue weighted by Crippen LogP contribution is 2.07. The largest absolute Gasteiger partial charge is 0.356 e. The highest BCUT2D eigenvalue weighted by atomic mass is 16.2. The summed E-state index contributed by atoms with van der Waals surface area (Å²) < 4.78 is 0. The predicted molar refractivity (Wildman–Crippen MR) is 83.5 cm³/mol. The number of rotatable bonds is 12. The standard InChI is InChI=1S/C16H32N2O2/c1-4-6-7-8-9-10-13-18(16(20)5-2)14-11-12-17-15(3)19/h4-14H2,1-3H3,(H,17,19). The van der Waals surface area contributed by atoms with E-state index in [1.54, 1.807) is 0 Å². The van der Waals surface area contributed by atoms with Gasteiger partial charge in [-0.25, -0.2) is 0 Å². The van der Waals surface area contributed by atoms with Crippen molar-refractivity contribution in [3.8, 4) is 0 Å². The van der Waals surface area contributed by atoms with Gasteiger partial charge in [0.05, 0.1) is 0 Å². The average Bonchev–Trinajstić information content (AvgIpc) is 2.43. The number of unbranched alkanes of at least 4 members (excludes halogenated alkanes) is 5. The minimum atomic E-state index is -0.00528. The first-order valence-electron chi connectivity index (χ1n) is 8.14. The number of nitrogens with zero attached hydrogens (tertiary/aromatic N) is 1. The lowest BCUT2D eigenvalue weighted by molar-refractivity contribution is -0.131. The van der Waals surface area contributed by atoms with E-state index >= 15 is 0 Å². The number of nitrogens with one attached hydrogen (secondary N) is 1. The molecule has 4 nitrogen and oxygen atoms in total. The molecule has 0 aliphatic heterocycles. The molecule has 0 aromatic carbocycles. The van der Waals surface area contributed by atoms with Crippen LogP contribution in [0.15, 0.2) is 0 Å². The minimum Gasteiger partial charge on any atom is -0.356 e. The summed E-state index contributed by atoms with van der Waals surface area (Å²) in [7, 11) is 0. The zero-order valence-electron chi connectivity index (χ0n) is 13.5. The van der Waals surface area contributed by atoms with Crippen LogP contribution in [0.4, 0.5) is 0 Å². The fraction of sp³-hybridized carbons (Fsp3) is 0.875. The average molecular weight is 284 g/mol. The van der Waals surface area contributed by atoms with Crippen molar-refractivity contribution in [1.29, 1.82) is 0 Å². The molecule has 118 valence electrons. The highest BCUT2D eigenvalue weighted by Gasteiger charge is 2.10. The van der Waals surface area contributed by atoms with Crippen LogP contribution in [0.5, 0.6) is 0 Å². The van der Waals surface area contributed by atoms with Crippen molar-refractivity contribution in [2.24, 2.45) is 0 Å². The smallest absolute Gasteiger partial charge is 0.222 e. The maximum absolute atomic E-state index is 11.8. The van der Waals surface area contributed by atoms with Crippen LogP contribution in [0.2, 0.25) is 0 Å². The Morgan fingerprint density at radius 1 is 0.900 bits per heavy atom. The lowest BCUT2D eigenvalue weighted by Crippen LogP contribution is -2.34. The first-order chi connectivity index (χ1) is 9.61. The molecule has 0 atom stereocenters. The number of carbonyl (C=O) groups is 2. The topological polar surface area (TPSA) is 49.4 Å². The monoisotopic (exact) mass is 284 g/mol. The van der Waals surface area contributed by atoms with E-state index in [-0.39, 0.29) is 11.8 Å². The fourth-order valence-electron chi connectivity index (χ4n) is 2.20. The predicted octanol–water partition coefficient (Wildman–Crippen LogP) is 3.11. The Morgan fingerprint density at radius 3 is 2.10 bits per heavy atom. The van der Waals surface area contributed by atoms with Gasteiger partial charge in [0.25, 0.3) is 0 Å².